The zero-order valence-corrected chi connectivity index (χ0v) is 8.21. The topological polar surface area (TPSA) is 29.5 Å². The van der Waals surface area contributed by atoms with E-state index in [4.69, 9.17) is 5.26 Å². The van der Waals surface area contributed by atoms with Crippen molar-refractivity contribution in [3.63, 3.8) is 0 Å². The third-order valence-corrected chi connectivity index (χ3v) is 2.21. The molecule has 13 heavy (non-hydrogen) atoms. The SMILES string of the molecule is CCCc1c(CC)cccc1OO. The van der Waals surface area contributed by atoms with Crippen LogP contribution in [-0.4, -0.2) is 5.26 Å². The third-order valence-electron chi connectivity index (χ3n) is 2.21. The zero-order chi connectivity index (χ0) is 9.68. The Balaban J connectivity index is 3.05. The normalized spacial score (nSPS) is 10.1. The molecule has 2 heteroatoms. The molecular weight excluding hydrogens is 164 g/mol. The molecular formula is C11H16O2. The molecule has 2 nitrogen and oxygen atoms in total. The fourth-order valence-electron chi connectivity index (χ4n) is 1.56. The molecule has 1 N–H and O–H groups in total. The molecule has 1 rings (SSSR count). The van der Waals surface area contributed by atoms with Gasteiger partial charge in [-0.05, 0) is 24.5 Å². The van der Waals surface area contributed by atoms with Crippen molar-refractivity contribution in [2.75, 3.05) is 0 Å². The van der Waals surface area contributed by atoms with Gasteiger partial charge in [0, 0.05) is 5.56 Å². The molecule has 0 spiro atoms. The Morgan fingerprint density at radius 2 is 2.08 bits per heavy atom. The minimum absolute atomic E-state index is 0.598. The highest BCUT2D eigenvalue weighted by molar-refractivity contribution is 5.40. The summed E-state index contributed by atoms with van der Waals surface area (Å²) in [5, 5.41) is 8.67. The predicted molar refractivity (Wildman–Crippen MR) is 53.1 cm³/mol. The van der Waals surface area contributed by atoms with E-state index >= 15 is 0 Å². The van der Waals surface area contributed by atoms with Crippen LogP contribution in [0.4, 0.5) is 0 Å². The molecule has 0 aliphatic rings. The molecule has 0 unspecified atom stereocenters. The molecule has 0 aromatic heterocycles. The lowest BCUT2D eigenvalue weighted by atomic mass is 10.0. The van der Waals surface area contributed by atoms with Gasteiger partial charge in [0.25, 0.3) is 0 Å². The van der Waals surface area contributed by atoms with Crippen molar-refractivity contribution in [3.8, 4) is 5.75 Å². The third kappa shape index (κ3) is 2.22. The number of aryl methyl sites for hydroxylation is 1. The minimum Gasteiger partial charge on any atom is -0.340 e. The Morgan fingerprint density at radius 3 is 2.62 bits per heavy atom. The first-order valence-corrected chi connectivity index (χ1v) is 4.75. The molecule has 0 bridgehead atoms. The van der Waals surface area contributed by atoms with E-state index in [0.717, 1.165) is 24.8 Å². The first-order chi connectivity index (χ1) is 6.33. The maximum absolute atomic E-state index is 8.67. The fraction of sp³-hybridized carbons (Fsp3) is 0.455. The molecule has 0 saturated carbocycles. The molecule has 72 valence electrons. The van der Waals surface area contributed by atoms with Crippen molar-refractivity contribution in [3.05, 3.63) is 29.3 Å². The molecule has 0 aliphatic carbocycles. The number of rotatable bonds is 4. The maximum atomic E-state index is 8.67. The van der Waals surface area contributed by atoms with E-state index in [2.05, 4.69) is 24.8 Å². The van der Waals surface area contributed by atoms with Crippen LogP contribution in [0.15, 0.2) is 18.2 Å². The lowest BCUT2D eigenvalue weighted by molar-refractivity contribution is -0.138. The van der Waals surface area contributed by atoms with E-state index in [1.807, 2.05) is 6.07 Å². The van der Waals surface area contributed by atoms with Gasteiger partial charge in [0.15, 0.2) is 5.75 Å². The molecule has 0 amide bonds. The smallest absolute Gasteiger partial charge is 0.168 e. The number of benzene rings is 1. The van der Waals surface area contributed by atoms with E-state index in [-0.39, 0.29) is 0 Å². The Bertz CT molecular complexity index is 247. The molecule has 0 fully saturated rings. The van der Waals surface area contributed by atoms with Crippen LogP contribution >= 0.6 is 0 Å². The van der Waals surface area contributed by atoms with Crippen LogP contribution in [0.1, 0.15) is 31.4 Å². The van der Waals surface area contributed by atoms with E-state index < -0.39 is 0 Å². The number of hydrogen-bond acceptors (Lipinski definition) is 2. The summed E-state index contributed by atoms with van der Waals surface area (Å²) in [6.45, 7) is 4.23. The second-order valence-electron chi connectivity index (χ2n) is 3.09. The summed E-state index contributed by atoms with van der Waals surface area (Å²) in [5.74, 6) is 0.598. The van der Waals surface area contributed by atoms with Gasteiger partial charge in [-0.3, -0.25) is 0 Å². The van der Waals surface area contributed by atoms with Crippen LogP contribution in [0.3, 0.4) is 0 Å². The van der Waals surface area contributed by atoms with Crippen LogP contribution in [0, 0.1) is 0 Å². The number of hydrogen-bond donors (Lipinski definition) is 1. The van der Waals surface area contributed by atoms with Crippen molar-refractivity contribution in [2.45, 2.75) is 33.1 Å². The second kappa shape index (κ2) is 4.87. The van der Waals surface area contributed by atoms with E-state index in [1.54, 1.807) is 6.07 Å². The highest BCUT2D eigenvalue weighted by Crippen LogP contribution is 2.23. The van der Waals surface area contributed by atoms with Gasteiger partial charge >= 0.3 is 0 Å². The highest BCUT2D eigenvalue weighted by Gasteiger charge is 2.06. The standard InChI is InChI=1S/C11H16O2/c1-3-6-10-9(4-2)7-5-8-11(10)13-12/h5,7-8,12H,3-4,6H2,1-2H3. The summed E-state index contributed by atoms with van der Waals surface area (Å²) in [6.07, 6.45) is 3.00. The Morgan fingerprint density at radius 1 is 1.31 bits per heavy atom. The lowest BCUT2D eigenvalue weighted by Gasteiger charge is -2.09. The van der Waals surface area contributed by atoms with E-state index in [1.165, 1.54) is 5.56 Å². The fourth-order valence-corrected chi connectivity index (χ4v) is 1.56. The summed E-state index contributed by atoms with van der Waals surface area (Å²) in [5.41, 5.74) is 2.39. The lowest BCUT2D eigenvalue weighted by Crippen LogP contribution is -1.97. The summed E-state index contributed by atoms with van der Waals surface area (Å²) >= 11 is 0. The van der Waals surface area contributed by atoms with Crippen molar-refractivity contribution in [2.24, 2.45) is 0 Å². The summed E-state index contributed by atoms with van der Waals surface area (Å²) in [4.78, 5) is 4.34. The molecule has 1 aromatic rings. The van der Waals surface area contributed by atoms with Crippen molar-refractivity contribution in [1.29, 1.82) is 0 Å². The zero-order valence-electron chi connectivity index (χ0n) is 8.21. The molecule has 0 saturated heterocycles. The quantitative estimate of drug-likeness (QED) is 0.570. The van der Waals surface area contributed by atoms with Crippen LogP contribution < -0.4 is 4.89 Å². The summed E-state index contributed by atoms with van der Waals surface area (Å²) in [6, 6.07) is 5.78. The second-order valence-corrected chi connectivity index (χ2v) is 3.09. The first kappa shape index (κ1) is 10.1. The molecule has 0 heterocycles. The van der Waals surface area contributed by atoms with Crippen molar-refractivity contribution >= 4 is 0 Å². The van der Waals surface area contributed by atoms with E-state index in [9.17, 15) is 0 Å². The Labute approximate surface area is 79.1 Å². The predicted octanol–water partition coefficient (Wildman–Crippen LogP) is 3.05. The van der Waals surface area contributed by atoms with Crippen LogP contribution in [0.2, 0.25) is 0 Å². The van der Waals surface area contributed by atoms with Gasteiger partial charge in [0.1, 0.15) is 0 Å². The molecule has 0 atom stereocenters. The van der Waals surface area contributed by atoms with Gasteiger partial charge in [-0.2, -0.15) is 0 Å². The van der Waals surface area contributed by atoms with Crippen LogP contribution in [-0.2, 0) is 12.8 Å². The maximum Gasteiger partial charge on any atom is 0.168 e. The van der Waals surface area contributed by atoms with Crippen molar-refractivity contribution in [1.82, 2.24) is 0 Å². The van der Waals surface area contributed by atoms with Gasteiger partial charge in [0.05, 0.1) is 0 Å². The summed E-state index contributed by atoms with van der Waals surface area (Å²) < 4.78 is 0. The monoisotopic (exact) mass is 180 g/mol. The Hall–Kier alpha value is -1.02. The molecule has 1 aromatic carbocycles. The largest absolute Gasteiger partial charge is 0.340 e. The summed E-state index contributed by atoms with van der Waals surface area (Å²) in [7, 11) is 0. The van der Waals surface area contributed by atoms with Gasteiger partial charge < -0.3 is 4.89 Å². The first-order valence-electron chi connectivity index (χ1n) is 4.75. The average molecular weight is 180 g/mol. The minimum atomic E-state index is 0.598. The van der Waals surface area contributed by atoms with Crippen LogP contribution in [0.5, 0.6) is 5.75 Å². The highest BCUT2D eigenvalue weighted by atomic mass is 17.1. The molecule has 0 aliphatic heterocycles. The van der Waals surface area contributed by atoms with Gasteiger partial charge in [-0.25, -0.2) is 5.26 Å². The van der Waals surface area contributed by atoms with Crippen molar-refractivity contribution < 1.29 is 10.1 Å². The van der Waals surface area contributed by atoms with Gasteiger partial charge in [0.2, 0.25) is 0 Å². The van der Waals surface area contributed by atoms with E-state index in [0.29, 0.717) is 5.75 Å². The Kier molecular flexibility index (Phi) is 3.77. The average Bonchev–Trinajstić information content (AvgIpc) is 2.18. The molecule has 0 radical (unpaired) electrons. The van der Waals surface area contributed by atoms with Gasteiger partial charge in [-0.1, -0.05) is 32.4 Å². The van der Waals surface area contributed by atoms with Crippen LogP contribution in [0.25, 0.3) is 0 Å². The van der Waals surface area contributed by atoms with Gasteiger partial charge in [-0.15, -0.1) is 0 Å².